The lowest BCUT2D eigenvalue weighted by molar-refractivity contribution is -0.141. The molecule has 8 nitrogen and oxygen atoms in total. The summed E-state index contributed by atoms with van der Waals surface area (Å²) in [6.07, 6.45) is -1.43. The van der Waals surface area contributed by atoms with Crippen LogP contribution in [0.1, 0.15) is 44.5 Å². The Kier molecular flexibility index (Phi) is 6.99. The van der Waals surface area contributed by atoms with Crippen LogP contribution in [-0.2, 0) is 27.4 Å². The van der Waals surface area contributed by atoms with E-state index in [1.807, 2.05) is 0 Å². The van der Waals surface area contributed by atoms with Crippen molar-refractivity contribution in [3.8, 4) is 11.3 Å². The number of sulfonamides is 1. The topological polar surface area (TPSA) is 106 Å². The van der Waals surface area contributed by atoms with E-state index in [1.165, 1.54) is 41.0 Å². The third-order valence-corrected chi connectivity index (χ3v) is 8.78. The van der Waals surface area contributed by atoms with Crippen molar-refractivity contribution in [1.29, 1.82) is 0 Å². The van der Waals surface area contributed by atoms with Crippen LogP contribution in [0.3, 0.4) is 0 Å². The number of halogens is 4. The van der Waals surface area contributed by atoms with Crippen molar-refractivity contribution in [1.82, 2.24) is 19.3 Å². The number of nitrogens with zero attached hydrogens (tertiary/aromatic N) is 4. The molecule has 1 fully saturated rings. The summed E-state index contributed by atoms with van der Waals surface area (Å²) in [5.74, 6) is -0.822. The molecule has 0 atom stereocenters. The number of furan rings is 1. The Labute approximate surface area is 227 Å². The Hall–Kier alpha value is -3.71. The molecule has 4 aromatic rings. The molecule has 3 heterocycles. The Balaban J connectivity index is 1.34. The van der Waals surface area contributed by atoms with E-state index in [0.717, 1.165) is 12.3 Å². The second kappa shape index (κ2) is 10.0. The minimum absolute atomic E-state index is 0.0220. The van der Waals surface area contributed by atoms with E-state index in [4.69, 9.17) is 4.42 Å². The Morgan fingerprint density at radius 1 is 1.07 bits per heavy atom. The van der Waals surface area contributed by atoms with E-state index < -0.39 is 39.3 Å². The molecule has 0 radical (unpaired) electrons. The highest BCUT2D eigenvalue weighted by Crippen LogP contribution is 2.48. The molecule has 1 aliphatic carbocycles. The van der Waals surface area contributed by atoms with Crippen molar-refractivity contribution in [2.75, 3.05) is 0 Å². The minimum atomic E-state index is -4.56. The van der Waals surface area contributed by atoms with E-state index in [0.29, 0.717) is 35.2 Å². The van der Waals surface area contributed by atoms with Gasteiger partial charge in [-0.2, -0.15) is 17.5 Å². The molecule has 5 rings (SSSR count). The predicted molar refractivity (Wildman–Crippen MR) is 136 cm³/mol. The number of carbonyl (C=O) groups is 1. The molecule has 13 heteroatoms. The van der Waals surface area contributed by atoms with Crippen LogP contribution >= 0.6 is 0 Å². The molecule has 0 spiro atoms. The first-order valence-corrected chi connectivity index (χ1v) is 13.9. The van der Waals surface area contributed by atoms with Gasteiger partial charge in [0.15, 0.2) is 5.78 Å². The van der Waals surface area contributed by atoms with Gasteiger partial charge in [-0.3, -0.25) is 9.78 Å². The molecule has 1 aromatic carbocycles. The summed E-state index contributed by atoms with van der Waals surface area (Å²) >= 11 is 0. The number of Topliss-reactive ketones (excluding diaryl/α,β-unsaturated/α-hetero) is 1. The third kappa shape index (κ3) is 5.22. The summed E-state index contributed by atoms with van der Waals surface area (Å²) in [6.45, 7) is 3.34. The van der Waals surface area contributed by atoms with Crippen molar-refractivity contribution in [3.63, 3.8) is 0 Å². The molecule has 0 N–H and O–H groups in total. The highest BCUT2D eigenvalue weighted by atomic mass is 32.2. The van der Waals surface area contributed by atoms with Crippen LogP contribution in [0.25, 0.3) is 22.2 Å². The molecule has 3 aromatic heterocycles. The summed E-state index contributed by atoms with van der Waals surface area (Å²) in [5, 5.41) is -0.0762. The molecule has 0 saturated heterocycles. The summed E-state index contributed by atoms with van der Waals surface area (Å²) in [6, 6.07) is 8.04. The first-order chi connectivity index (χ1) is 18.8. The molecule has 40 heavy (non-hydrogen) atoms. The van der Waals surface area contributed by atoms with Crippen molar-refractivity contribution in [3.05, 3.63) is 72.2 Å². The van der Waals surface area contributed by atoms with Crippen LogP contribution in [-0.4, -0.2) is 45.0 Å². The Morgan fingerprint density at radius 3 is 2.45 bits per heavy atom. The third-order valence-electron chi connectivity index (χ3n) is 6.78. The Bertz CT molecular complexity index is 1680. The maximum Gasteiger partial charge on any atom is 0.433 e. The lowest BCUT2D eigenvalue weighted by atomic mass is 10.0. The van der Waals surface area contributed by atoms with E-state index in [9.17, 15) is 30.8 Å². The number of ketones is 1. The fourth-order valence-corrected chi connectivity index (χ4v) is 6.80. The highest BCUT2D eigenvalue weighted by Gasteiger charge is 2.59. The molecular formula is C27H24F4N4O4S. The predicted octanol–water partition coefficient (Wildman–Crippen LogP) is 5.58. The largest absolute Gasteiger partial charge is 0.443 e. The molecule has 0 bridgehead atoms. The summed E-state index contributed by atoms with van der Waals surface area (Å²) in [7, 11) is -4.24. The minimum Gasteiger partial charge on any atom is -0.443 e. The van der Waals surface area contributed by atoms with Gasteiger partial charge in [0, 0.05) is 41.4 Å². The van der Waals surface area contributed by atoms with Crippen molar-refractivity contribution in [2.45, 2.75) is 62.4 Å². The fourth-order valence-electron chi connectivity index (χ4n) is 4.84. The van der Waals surface area contributed by atoms with Crippen LogP contribution in [0.15, 0.2) is 64.5 Å². The van der Waals surface area contributed by atoms with Crippen LogP contribution in [0.4, 0.5) is 17.6 Å². The van der Waals surface area contributed by atoms with Crippen LogP contribution in [0, 0.1) is 5.82 Å². The van der Waals surface area contributed by atoms with Gasteiger partial charge in [-0.25, -0.2) is 22.8 Å². The molecule has 0 aliphatic heterocycles. The smallest absolute Gasteiger partial charge is 0.433 e. The van der Waals surface area contributed by atoms with E-state index >= 15 is 0 Å². The van der Waals surface area contributed by atoms with Crippen LogP contribution in [0.2, 0.25) is 0 Å². The summed E-state index contributed by atoms with van der Waals surface area (Å²) in [4.78, 5) is 25.2. The average molecular weight is 577 g/mol. The number of rotatable bonds is 9. The number of pyridine rings is 1. The Morgan fingerprint density at radius 2 is 1.82 bits per heavy atom. The highest BCUT2D eigenvalue weighted by molar-refractivity contribution is 7.89. The number of carbonyl (C=O) groups excluding carboxylic acids is 1. The number of aryl methyl sites for hydroxylation is 1. The molecule has 0 unspecified atom stereocenters. The monoisotopic (exact) mass is 576 g/mol. The van der Waals surface area contributed by atoms with Crippen molar-refractivity contribution < 1.29 is 35.2 Å². The number of fused-ring (bicyclic) bond motifs is 1. The number of hydrogen-bond donors (Lipinski definition) is 0. The van der Waals surface area contributed by atoms with Gasteiger partial charge < -0.3 is 4.42 Å². The zero-order valence-corrected chi connectivity index (χ0v) is 22.3. The van der Waals surface area contributed by atoms with Crippen molar-refractivity contribution in [2.24, 2.45) is 0 Å². The summed E-state index contributed by atoms with van der Waals surface area (Å²) < 4.78 is 86.2. The lowest BCUT2D eigenvalue weighted by Gasteiger charge is -2.32. The molecular weight excluding hydrogens is 552 g/mol. The van der Waals surface area contributed by atoms with E-state index in [-0.39, 0.29) is 29.3 Å². The number of aromatic nitrogens is 3. The van der Waals surface area contributed by atoms with Gasteiger partial charge in [0.05, 0.1) is 11.2 Å². The zero-order chi connectivity index (χ0) is 28.9. The molecule has 0 amide bonds. The standard InChI is InChI=1S/C27H24F4N4O4S/c1-16(2)35(40(37,38)25-12-18-11-19(28)4-6-22(18)39-25)26(9-10-26)24(36)8-5-20-13-21(34-15-33-20)17-3-7-23(32-14-17)27(29,30)31/h3-4,6-7,11-16H,5,8-10H2,1-2H3. The lowest BCUT2D eigenvalue weighted by Crippen LogP contribution is -2.50. The SMILES string of the molecule is CC(C)N(C1(C(=O)CCc2cc(-c3ccc(C(F)(F)F)nc3)ncn2)CC1)S(=O)(=O)c1cc2cc(F)ccc2o1. The quantitative estimate of drug-likeness (QED) is 0.240. The van der Waals surface area contributed by atoms with E-state index in [2.05, 4.69) is 15.0 Å². The van der Waals surface area contributed by atoms with Gasteiger partial charge >= 0.3 is 6.18 Å². The van der Waals surface area contributed by atoms with Gasteiger partial charge in [-0.1, -0.05) is 0 Å². The van der Waals surface area contributed by atoms with Gasteiger partial charge in [-0.05, 0) is 69.5 Å². The van der Waals surface area contributed by atoms with E-state index in [1.54, 1.807) is 19.9 Å². The number of hydrogen-bond acceptors (Lipinski definition) is 7. The normalized spacial score (nSPS) is 15.2. The summed E-state index contributed by atoms with van der Waals surface area (Å²) in [5.41, 5.74) is -0.901. The maximum atomic E-state index is 13.7. The maximum absolute atomic E-state index is 13.7. The molecule has 1 aliphatic rings. The first-order valence-electron chi connectivity index (χ1n) is 12.4. The number of benzene rings is 1. The van der Waals surface area contributed by atoms with Gasteiger partial charge in [0.25, 0.3) is 10.0 Å². The van der Waals surface area contributed by atoms with Gasteiger partial charge in [0.2, 0.25) is 5.09 Å². The zero-order valence-electron chi connectivity index (χ0n) is 21.4. The number of alkyl halides is 3. The average Bonchev–Trinajstić information content (AvgIpc) is 3.56. The fraction of sp³-hybridized carbons (Fsp3) is 0.333. The molecule has 210 valence electrons. The second-order valence-electron chi connectivity index (χ2n) is 9.92. The van der Waals surface area contributed by atoms with Gasteiger partial charge in [-0.15, -0.1) is 0 Å². The first kappa shape index (κ1) is 27.8. The second-order valence-corrected chi connectivity index (χ2v) is 11.7. The van der Waals surface area contributed by atoms with Crippen molar-refractivity contribution >= 4 is 26.8 Å². The van der Waals surface area contributed by atoms with Crippen LogP contribution < -0.4 is 0 Å². The molecule has 1 saturated carbocycles. The van der Waals surface area contributed by atoms with Gasteiger partial charge in [0.1, 0.15) is 23.4 Å². The van der Waals surface area contributed by atoms with Crippen LogP contribution in [0.5, 0.6) is 0 Å².